The van der Waals surface area contributed by atoms with Crippen molar-refractivity contribution < 1.29 is 17.6 Å². The van der Waals surface area contributed by atoms with Crippen LogP contribution in [0.2, 0.25) is 0 Å². The third kappa shape index (κ3) is 5.30. The number of rotatable bonds is 10. The number of carbonyl (C=O) groups excluding carboxylic acids is 1. The summed E-state index contributed by atoms with van der Waals surface area (Å²) in [6.45, 7) is 5.21. The van der Waals surface area contributed by atoms with Gasteiger partial charge in [-0.25, -0.2) is 13.4 Å². The van der Waals surface area contributed by atoms with Gasteiger partial charge in [0, 0.05) is 12.5 Å². The van der Waals surface area contributed by atoms with Crippen molar-refractivity contribution in [1.82, 2.24) is 14.5 Å². The quantitative estimate of drug-likeness (QED) is 0.460. The third-order valence-electron chi connectivity index (χ3n) is 5.44. The Morgan fingerprint density at radius 2 is 1.91 bits per heavy atom. The molecule has 1 aromatic carbocycles. The molecule has 1 aliphatic rings. The van der Waals surface area contributed by atoms with Crippen molar-refractivity contribution in [1.29, 1.82) is 0 Å². The van der Waals surface area contributed by atoms with Gasteiger partial charge in [-0.15, -0.1) is 0 Å². The van der Waals surface area contributed by atoms with Gasteiger partial charge in [0.05, 0.1) is 37.0 Å². The van der Waals surface area contributed by atoms with E-state index in [1.807, 2.05) is 38.1 Å². The van der Waals surface area contributed by atoms with Gasteiger partial charge in [-0.3, -0.25) is 4.79 Å². The smallest absolute Gasteiger partial charge is 0.228 e. The van der Waals surface area contributed by atoms with Crippen LogP contribution in [-0.4, -0.2) is 28.8 Å². The minimum atomic E-state index is -3.65. The number of imidazole rings is 1. The summed E-state index contributed by atoms with van der Waals surface area (Å²) in [6, 6.07) is 12.8. The van der Waals surface area contributed by atoms with E-state index in [0.717, 1.165) is 18.4 Å². The summed E-state index contributed by atoms with van der Waals surface area (Å²) < 4.78 is 33.7. The van der Waals surface area contributed by atoms with Crippen molar-refractivity contribution in [3.05, 3.63) is 71.9 Å². The fourth-order valence-corrected chi connectivity index (χ4v) is 5.27. The Labute approximate surface area is 189 Å². The summed E-state index contributed by atoms with van der Waals surface area (Å²) in [5, 5.41) is 0.0573. The zero-order valence-corrected chi connectivity index (χ0v) is 19.3. The molecule has 170 valence electrons. The maximum Gasteiger partial charge on any atom is 0.228 e. The van der Waals surface area contributed by atoms with Crippen LogP contribution in [0.1, 0.15) is 43.7 Å². The monoisotopic (exact) mass is 455 g/mol. The van der Waals surface area contributed by atoms with E-state index in [4.69, 9.17) is 4.42 Å². The van der Waals surface area contributed by atoms with E-state index in [1.165, 1.54) is 0 Å². The lowest BCUT2D eigenvalue weighted by molar-refractivity contribution is -0.134. The standard InChI is InChI=1S/C24H29N3O4S/c1-18(2)14-27-21(13-25-24(27)32(29,30)17-19-7-4-3-5-8-19)15-26(23(28)20-10-11-20)16-22-9-6-12-31-22/h3-9,12-13,18,20H,10-11,14-17H2,1-2H3. The van der Waals surface area contributed by atoms with Crippen LogP contribution >= 0.6 is 0 Å². The molecule has 4 rings (SSSR count). The Morgan fingerprint density at radius 1 is 1.16 bits per heavy atom. The summed E-state index contributed by atoms with van der Waals surface area (Å²) in [6.07, 6.45) is 4.98. The molecule has 0 radical (unpaired) electrons. The molecule has 2 heterocycles. The second kappa shape index (κ2) is 9.32. The van der Waals surface area contributed by atoms with Gasteiger partial charge in [0.1, 0.15) is 5.76 Å². The van der Waals surface area contributed by atoms with E-state index < -0.39 is 9.84 Å². The lowest BCUT2D eigenvalue weighted by Crippen LogP contribution is -2.32. The highest BCUT2D eigenvalue weighted by molar-refractivity contribution is 7.90. The Balaban J connectivity index is 1.64. The summed E-state index contributed by atoms with van der Waals surface area (Å²) >= 11 is 0. The molecule has 0 unspecified atom stereocenters. The molecule has 1 amide bonds. The Kier molecular flexibility index (Phi) is 6.50. The molecule has 0 atom stereocenters. The van der Waals surface area contributed by atoms with Crippen LogP contribution < -0.4 is 0 Å². The fraction of sp³-hybridized carbons (Fsp3) is 0.417. The lowest BCUT2D eigenvalue weighted by atomic mass is 10.2. The Bertz CT molecular complexity index is 1150. The van der Waals surface area contributed by atoms with Crippen LogP contribution in [0.25, 0.3) is 0 Å². The first-order chi connectivity index (χ1) is 15.3. The first-order valence-electron chi connectivity index (χ1n) is 11.0. The second-order valence-corrected chi connectivity index (χ2v) is 10.7. The van der Waals surface area contributed by atoms with Crippen LogP contribution in [0, 0.1) is 11.8 Å². The van der Waals surface area contributed by atoms with Crippen LogP contribution in [0.4, 0.5) is 0 Å². The van der Waals surface area contributed by atoms with Crippen molar-refractivity contribution in [2.24, 2.45) is 11.8 Å². The SMILES string of the molecule is CC(C)Cn1c(CN(Cc2ccco2)C(=O)C2CC2)cnc1S(=O)(=O)Cc1ccccc1. The molecule has 0 aliphatic heterocycles. The molecular weight excluding hydrogens is 426 g/mol. The van der Waals surface area contributed by atoms with Gasteiger partial charge in [0.2, 0.25) is 20.9 Å². The average Bonchev–Trinajstić information content (AvgIpc) is 3.33. The van der Waals surface area contributed by atoms with E-state index in [9.17, 15) is 13.2 Å². The number of hydrogen-bond donors (Lipinski definition) is 0. The number of aromatic nitrogens is 2. The van der Waals surface area contributed by atoms with Crippen molar-refractivity contribution in [2.45, 2.75) is 57.2 Å². The van der Waals surface area contributed by atoms with E-state index >= 15 is 0 Å². The van der Waals surface area contributed by atoms with E-state index in [-0.39, 0.29) is 35.2 Å². The maximum atomic E-state index is 13.2. The molecule has 8 heteroatoms. The molecule has 1 saturated carbocycles. The Morgan fingerprint density at radius 3 is 2.53 bits per heavy atom. The molecule has 1 fully saturated rings. The molecule has 32 heavy (non-hydrogen) atoms. The zero-order valence-electron chi connectivity index (χ0n) is 18.5. The molecule has 1 aliphatic carbocycles. The van der Waals surface area contributed by atoms with Gasteiger partial charge in [0.25, 0.3) is 0 Å². The summed E-state index contributed by atoms with van der Waals surface area (Å²) in [4.78, 5) is 19.0. The number of hydrogen-bond acceptors (Lipinski definition) is 5. The van der Waals surface area contributed by atoms with Crippen molar-refractivity contribution in [3.8, 4) is 0 Å². The molecule has 0 N–H and O–H groups in total. The maximum absolute atomic E-state index is 13.2. The predicted molar refractivity (Wildman–Crippen MR) is 120 cm³/mol. The Hall–Kier alpha value is -2.87. The van der Waals surface area contributed by atoms with Crippen LogP contribution in [0.3, 0.4) is 0 Å². The van der Waals surface area contributed by atoms with Crippen molar-refractivity contribution in [2.75, 3.05) is 0 Å². The normalized spacial score (nSPS) is 14.1. The molecule has 0 bridgehead atoms. The highest BCUT2D eigenvalue weighted by Crippen LogP contribution is 2.32. The first-order valence-corrected chi connectivity index (χ1v) is 12.6. The number of sulfone groups is 1. The van der Waals surface area contributed by atoms with Crippen LogP contribution in [0.5, 0.6) is 0 Å². The number of nitrogens with zero attached hydrogens (tertiary/aromatic N) is 3. The lowest BCUT2D eigenvalue weighted by Gasteiger charge is -2.23. The minimum Gasteiger partial charge on any atom is -0.467 e. The topological polar surface area (TPSA) is 85.4 Å². The largest absolute Gasteiger partial charge is 0.467 e. The highest BCUT2D eigenvalue weighted by Gasteiger charge is 2.34. The third-order valence-corrected chi connectivity index (χ3v) is 7.04. The summed E-state index contributed by atoms with van der Waals surface area (Å²) in [5.74, 6) is 0.928. The molecule has 3 aromatic rings. The van der Waals surface area contributed by atoms with Gasteiger partial charge < -0.3 is 13.9 Å². The molecule has 2 aromatic heterocycles. The summed E-state index contributed by atoms with van der Waals surface area (Å²) in [7, 11) is -3.65. The number of carbonyl (C=O) groups is 1. The first kappa shape index (κ1) is 22.3. The average molecular weight is 456 g/mol. The molecular formula is C24H29N3O4S. The van der Waals surface area contributed by atoms with E-state index in [2.05, 4.69) is 4.98 Å². The minimum absolute atomic E-state index is 0.0488. The highest BCUT2D eigenvalue weighted by atomic mass is 32.2. The van der Waals surface area contributed by atoms with Gasteiger partial charge in [-0.05, 0) is 36.5 Å². The summed E-state index contributed by atoms with van der Waals surface area (Å²) in [5.41, 5.74) is 1.43. The van der Waals surface area contributed by atoms with Gasteiger partial charge in [0.15, 0.2) is 0 Å². The number of benzene rings is 1. The van der Waals surface area contributed by atoms with E-state index in [0.29, 0.717) is 24.5 Å². The molecule has 0 saturated heterocycles. The second-order valence-electron chi connectivity index (χ2n) is 8.83. The number of furan rings is 1. The zero-order chi connectivity index (χ0) is 22.7. The number of amides is 1. The van der Waals surface area contributed by atoms with Crippen molar-refractivity contribution >= 4 is 15.7 Å². The fourth-order valence-electron chi connectivity index (χ4n) is 3.77. The molecule has 0 spiro atoms. The van der Waals surface area contributed by atoms with Gasteiger partial charge in [-0.1, -0.05) is 44.2 Å². The van der Waals surface area contributed by atoms with E-state index in [1.54, 1.807) is 40.1 Å². The predicted octanol–water partition coefficient (Wildman–Crippen LogP) is 4.04. The molecule has 7 nitrogen and oxygen atoms in total. The van der Waals surface area contributed by atoms with Crippen molar-refractivity contribution in [3.63, 3.8) is 0 Å². The van der Waals surface area contributed by atoms with Gasteiger partial charge in [-0.2, -0.15) is 0 Å². The van der Waals surface area contributed by atoms with Crippen LogP contribution in [-0.2, 0) is 40.0 Å². The van der Waals surface area contributed by atoms with Crippen LogP contribution in [0.15, 0.2) is 64.5 Å². The van der Waals surface area contributed by atoms with Gasteiger partial charge >= 0.3 is 0 Å².